The predicted molar refractivity (Wildman–Crippen MR) is 82.7 cm³/mol. The third kappa shape index (κ3) is 6.18. The van der Waals surface area contributed by atoms with E-state index in [1.165, 1.54) is 0 Å². The largest absolute Gasteiger partial charge is 0.299 e. The van der Waals surface area contributed by atoms with Gasteiger partial charge in [0.1, 0.15) is 5.78 Å². The van der Waals surface area contributed by atoms with E-state index >= 15 is 0 Å². The number of ketones is 2. The number of unbranched alkanes of at least 4 members (excludes halogenated alkanes) is 1. The quantitative estimate of drug-likeness (QED) is 0.318. The molecule has 0 spiro atoms. The van der Waals surface area contributed by atoms with Crippen LogP contribution in [0.1, 0.15) is 55.5 Å². The highest BCUT2D eigenvalue weighted by Gasteiger charge is 2.10. The number of hydrogen-bond acceptors (Lipinski definition) is 4. The summed E-state index contributed by atoms with van der Waals surface area (Å²) in [4.78, 5) is 34.5. The molecule has 1 aromatic carbocycles. The van der Waals surface area contributed by atoms with Gasteiger partial charge in [0.2, 0.25) is 5.91 Å². The van der Waals surface area contributed by atoms with Crippen molar-refractivity contribution < 1.29 is 19.6 Å². The van der Waals surface area contributed by atoms with Gasteiger partial charge < -0.3 is 0 Å². The van der Waals surface area contributed by atoms with Gasteiger partial charge in [-0.1, -0.05) is 38.1 Å². The van der Waals surface area contributed by atoms with Crippen LogP contribution in [-0.4, -0.2) is 22.7 Å². The summed E-state index contributed by atoms with van der Waals surface area (Å²) < 4.78 is 0. The first-order valence-corrected chi connectivity index (χ1v) is 7.51. The van der Waals surface area contributed by atoms with Crippen molar-refractivity contribution in [3.63, 3.8) is 0 Å². The van der Waals surface area contributed by atoms with Crippen LogP contribution in [0.3, 0.4) is 0 Å². The summed E-state index contributed by atoms with van der Waals surface area (Å²) in [7, 11) is 0. The van der Waals surface area contributed by atoms with Crippen molar-refractivity contribution in [1.29, 1.82) is 0 Å². The Morgan fingerprint density at radius 1 is 1.05 bits per heavy atom. The minimum Gasteiger partial charge on any atom is -0.299 e. The van der Waals surface area contributed by atoms with Crippen molar-refractivity contribution in [2.24, 2.45) is 5.92 Å². The monoisotopic (exact) mass is 305 g/mol. The second kappa shape index (κ2) is 9.10. The number of carbonyl (C=O) groups excluding carboxylic acids is 3. The number of hydroxylamine groups is 1. The van der Waals surface area contributed by atoms with Gasteiger partial charge >= 0.3 is 0 Å². The molecule has 0 aliphatic carbocycles. The van der Waals surface area contributed by atoms with Gasteiger partial charge in [0.25, 0.3) is 0 Å². The maximum atomic E-state index is 11.8. The molecule has 0 heterocycles. The lowest BCUT2D eigenvalue weighted by Crippen LogP contribution is -2.17. The van der Waals surface area contributed by atoms with E-state index in [4.69, 9.17) is 5.21 Å². The van der Waals surface area contributed by atoms with Crippen LogP contribution in [0.15, 0.2) is 24.3 Å². The van der Waals surface area contributed by atoms with Crippen LogP contribution < -0.4 is 5.48 Å². The fourth-order valence-corrected chi connectivity index (χ4v) is 2.10. The number of nitrogens with one attached hydrogen (secondary N) is 1. The van der Waals surface area contributed by atoms with E-state index in [0.29, 0.717) is 31.2 Å². The molecule has 0 saturated heterocycles. The molecule has 0 bridgehead atoms. The van der Waals surface area contributed by atoms with Crippen molar-refractivity contribution in [3.05, 3.63) is 35.4 Å². The zero-order chi connectivity index (χ0) is 16.5. The van der Waals surface area contributed by atoms with E-state index in [1.807, 2.05) is 26.0 Å². The second-order valence-corrected chi connectivity index (χ2v) is 5.67. The van der Waals surface area contributed by atoms with Gasteiger partial charge in [-0.25, -0.2) is 5.48 Å². The average Bonchev–Trinajstić information content (AvgIpc) is 2.51. The number of carbonyl (C=O) groups is 3. The van der Waals surface area contributed by atoms with Crippen molar-refractivity contribution in [3.8, 4) is 0 Å². The van der Waals surface area contributed by atoms with Crippen LogP contribution in [0.25, 0.3) is 0 Å². The Labute approximate surface area is 130 Å². The second-order valence-electron chi connectivity index (χ2n) is 5.67. The molecular formula is C17H23NO4. The fraction of sp³-hybridized carbons (Fsp3) is 0.471. The summed E-state index contributed by atoms with van der Waals surface area (Å²) in [5.74, 6) is -0.270. The lowest BCUT2D eigenvalue weighted by Gasteiger charge is -2.06. The Morgan fingerprint density at radius 2 is 1.64 bits per heavy atom. The number of benzene rings is 1. The van der Waals surface area contributed by atoms with Gasteiger partial charge in [-0.05, 0) is 18.4 Å². The minimum atomic E-state index is -0.433. The van der Waals surface area contributed by atoms with Gasteiger partial charge in [-0.15, -0.1) is 0 Å². The number of hydrogen-bond donors (Lipinski definition) is 2. The third-order valence-corrected chi connectivity index (χ3v) is 3.40. The summed E-state index contributed by atoms with van der Waals surface area (Å²) in [6.07, 6.45) is 2.15. The van der Waals surface area contributed by atoms with Crippen LogP contribution in [0.4, 0.5) is 0 Å². The highest BCUT2D eigenvalue weighted by atomic mass is 16.5. The summed E-state index contributed by atoms with van der Waals surface area (Å²) in [6.45, 7) is 3.72. The molecule has 1 amide bonds. The molecule has 0 unspecified atom stereocenters. The molecule has 5 heteroatoms. The van der Waals surface area contributed by atoms with Gasteiger partial charge in [0, 0.05) is 30.7 Å². The van der Waals surface area contributed by atoms with Gasteiger partial charge in [0.05, 0.1) is 0 Å². The molecule has 120 valence electrons. The lowest BCUT2D eigenvalue weighted by atomic mass is 9.98. The van der Waals surface area contributed by atoms with Crippen LogP contribution in [0.5, 0.6) is 0 Å². The zero-order valence-corrected chi connectivity index (χ0v) is 13.1. The van der Waals surface area contributed by atoms with E-state index in [0.717, 1.165) is 5.56 Å². The summed E-state index contributed by atoms with van der Waals surface area (Å²) >= 11 is 0. The SMILES string of the molecule is CC(C)C(=O)c1ccc(CC(=O)CCCCC(=O)NO)cc1. The Morgan fingerprint density at radius 3 is 2.18 bits per heavy atom. The van der Waals surface area contributed by atoms with E-state index in [-0.39, 0.29) is 23.9 Å². The maximum absolute atomic E-state index is 11.8. The standard InChI is InChI=1S/C17H23NO4/c1-12(2)17(21)14-9-7-13(8-10-14)11-15(19)5-3-4-6-16(20)18-22/h7-10,12,22H,3-6,11H2,1-2H3,(H,18,20). The molecule has 0 radical (unpaired) electrons. The van der Waals surface area contributed by atoms with E-state index < -0.39 is 5.91 Å². The Bertz CT molecular complexity index is 520. The van der Waals surface area contributed by atoms with Crippen LogP contribution in [0, 0.1) is 5.92 Å². The van der Waals surface area contributed by atoms with E-state index in [2.05, 4.69) is 0 Å². The normalized spacial score (nSPS) is 10.5. The lowest BCUT2D eigenvalue weighted by molar-refractivity contribution is -0.129. The third-order valence-electron chi connectivity index (χ3n) is 3.40. The van der Waals surface area contributed by atoms with Gasteiger partial charge in [-0.2, -0.15) is 0 Å². The molecule has 1 rings (SSSR count). The Kier molecular flexibility index (Phi) is 7.46. The smallest absolute Gasteiger partial charge is 0.243 e. The molecule has 0 aliphatic heterocycles. The summed E-state index contributed by atoms with van der Waals surface area (Å²) in [5, 5.41) is 8.34. The fourth-order valence-electron chi connectivity index (χ4n) is 2.10. The molecule has 22 heavy (non-hydrogen) atoms. The minimum absolute atomic E-state index is 0.0383. The van der Waals surface area contributed by atoms with Crippen LogP contribution in [-0.2, 0) is 16.0 Å². The highest BCUT2D eigenvalue weighted by molar-refractivity contribution is 5.97. The summed E-state index contributed by atoms with van der Waals surface area (Å²) in [5.41, 5.74) is 3.12. The Balaban J connectivity index is 2.39. The first-order valence-electron chi connectivity index (χ1n) is 7.51. The van der Waals surface area contributed by atoms with Crippen LogP contribution in [0.2, 0.25) is 0 Å². The van der Waals surface area contributed by atoms with E-state index in [1.54, 1.807) is 17.6 Å². The first kappa shape index (κ1) is 18.0. The van der Waals surface area contributed by atoms with Crippen molar-refractivity contribution in [1.82, 2.24) is 5.48 Å². The van der Waals surface area contributed by atoms with Crippen LogP contribution >= 0.6 is 0 Å². The van der Waals surface area contributed by atoms with Gasteiger partial charge in [0.15, 0.2) is 5.78 Å². The van der Waals surface area contributed by atoms with Crippen molar-refractivity contribution in [2.75, 3.05) is 0 Å². The number of amides is 1. The first-order chi connectivity index (χ1) is 10.4. The molecule has 0 fully saturated rings. The molecule has 0 aromatic heterocycles. The Hall–Kier alpha value is -2.01. The topological polar surface area (TPSA) is 83.5 Å². The molecule has 5 nitrogen and oxygen atoms in total. The van der Waals surface area contributed by atoms with Crippen molar-refractivity contribution in [2.45, 2.75) is 46.0 Å². The summed E-state index contributed by atoms with van der Waals surface area (Å²) in [6, 6.07) is 7.15. The molecule has 0 aliphatic rings. The van der Waals surface area contributed by atoms with Gasteiger partial charge in [-0.3, -0.25) is 19.6 Å². The average molecular weight is 305 g/mol. The molecule has 0 atom stereocenters. The highest BCUT2D eigenvalue weighted by Crippen LogP contribution is 2.12. The predicted octanol–water partition coefficient (Wildman–Crippen LogP) is 2.70. The number of rotatable bonds is 9. The zero-order valence-electron chi connectivity index (χ0n) is 13.1. The molecular weight excluding hydrogens is 282 g/mol. The maximum Gasteiger partial charge on any atom is 0.243 e. The molecule has 1 aromatic rings. The number of Topliss-reactive ketones (excluding diaryl/α,β-unsaturated/α-hetero) is 2. The van der Waals surface area contributed by atoms with Crippen molar-refractivity contribution >= 4 is 17.5 Å². The molecule has 0 saturated carbocycles. The van der Waals surface area contributed by atoms with E-state index in [9.17, 15) is 14.4 Å². The molecule has 2 N–H and O–H groups in total.